The van der Waals surface area contributed by atoms with Gasteiger partial charge >= 0.3 is 6.09 Å². The number of hydrogen-bond acceptors (Lipinski definition) is 3. The highest BCUT2D eigenvalue weighted by Gasteiger charge is 2.25. The van der Waals surface area contributed by atoms with E-state index in [4.69, 9.17) is 4.74 Å². The Kier molecular flexibility index (Phi) is 6.89. The van der Waals surface area contributed by atoms with E-state index in [1.54, 1.807) is 11.8 Å². The molecule has 2 amide bonds. The third kappa shape index (κ3) is 4.23. The molecule has 0 fully saturated rings. The van der Waals surface area contributed by atoms with Gasteiger partial charge in [0, 0.05) is 13.1 Å². The van der Waals surface area contributed by atoms with Crippen molar-refractivity contribution in [2.45, 2.75) is 34.6 Å². The van der Waals surface area contributed by atoms with Crippen molar-refractivity contribution in [2.24, 2.45) is 0 Å². The van der Waals surface area contributed by atoms with Gasteiger partial charge in [0.05, 0.1) is 12.3 Å². The summed E-state index contributed by atoms with van der Waals surface area (Å²) in [5, 5.41) is 0. The van der Waals surface area contributed by atoms with Crippen LogP contribution in [0.5, 0.6) is 0 Å². The van der Waals surface area contributed by atoms with Crippen LogP contribution in [0, 0.1) is 13.8 Å². The van der Waals surface area contributed by atoms with Gasteiger partial charge in [-0.2, -0.15) is 0 Å². The van der Waals surface area contributed by atoms with Gasteiger partial charge in [0.15, 0.2) is 0 Å². The zero-order valence-electron chi connectivity index (χ0n) is 14.2. The average molecular weight is 306 g/mol. The number of carbonyl (C=O) groups excluding carboxylic acids is 2. The zero-order valence-corrected chi connectivity index (χ0v) is 14.2. The van der Waals surface area contributed by atoms with Crippen LogP contribution in [0.3, 0.4) is 0 Å². The second-order valence-corrected chi connectivity index (χ2v) is 5.09. The third-order valence-electron chi connectivity index (χ3n) is 3.61. The van der Waals surface area contributed by atoms with E-state index in [9.17, 15) is 9.59 Å². The van der Waals surface area contributed by atoms with E-state index in [-0.39, 0.29) is 19.1 Å². The van der Waals surface area contributed by atoms with Crippen molar-refractivity contribution in [3.8, 4) is 0 Å². The van der Waals surface area contributed by atoms with Crippen molar-refractivity contribution < 1.29 is 14.3 Å². The molecular formula is C17H26N2O3. The van der Waals surface area contributed by atoms with Gasteiger partial charge in [-0.15, -0.1) is 0 Å². The molecule has 122 valence electrons. The van der Waals surface area contributed by atoms with Crippen LogP contribution < -0.4 is 4.90 Å². The molecule has 0 bridgehead atoms. The molecule has 0 heterocycles. The number of hydrogen-bond donors (Lipinski definition) is 0. The Morgan fingerprint density at radius 3 is 2.05 bits per heavy atom. The fourth-order valence-electron chi connectivity index (χ4n) is 2.48. The number of para-hydroxylation sites is 1. The van der Waals surface area contributed by atoms with Crippen LogP contribution in [0.4, 0.5) is 10.5 Å². The quantitative estimate of drug-likeness (QED) is 0.811. The van der Waals surface area contributed by atoms with Gasteiger partial charge in [-0.05, 0) is 45.7 Å². The van der Waals surface area contributed by atoms with Gasteiger partial charge in [0.25, 0.3) is 0 Å². The number of likely N-dealkylation sites (N-methyl/N-ethyl adjacent to an activating group) is 1. The number of anilines is 1. The van der Waals surface area contributed by atoms with E-state index >= 15 is 0 Å². The van der Waals surface area contributed by atoms with E-state index in [0.717, 1.165) is 16.8 Å². The van der Waals surface area contributed by atoms with Gasteiger partial charge < -0.3 is 9.64 Å². The lowest BCUT2D eigenvalue weighted by atomic mass is 10.1. The summed E-state index contributed by atoms with van der Waals surface area (Å²) in [5.74, 6) is -0.0827. The molecule has 0 saturated carbocycles. The first-order valence-corrected chi connectivity index (χ1v) is 7.74. The molecule has 0 spiro atoms. The number of aryl methyl sites for hydroxylation is 2. The Balaban J connectivity index is 3.14. The highest BCUT2D eigenvalue weighted by atomic mass is 16.6. The third-order valence-corrected chi connectivity index (χ3v) is 3.61. The monoisotopic (exact) mass is 306 g/mol. The molecular weight excluding hydrogens is 280 g/mol. The summed E-state index contributed by atoms with van der Waals surface area (Å²) in [5.41, 5.74) is 2.64. The molecule has 1 rings (SSSR count). The van der Waals surface area contributed by atoms with Crippen molar-refractivity contribution in [2.75, 3.05) is 31.1 Å². The number of amides is 2. The lowest BCUT2D eigenvalue weighted by Crippen LogP contribution is -2.43. The lowest BCUT2D eigenvalue weighted by Gasteiger charge is -2.27. The highest BCUT2D eigenvalue weighted by Crippen LogP contribution is 2.25. The molecule has 22 heavy (non-hydrogen) atoms. The standard InChI is InChI=1S/C17H26N2O3/c1-6-18(7-2)15(20)12-19(17(21)22-8-3)16-13(4)10-9-11-14(16)5/h9-11H,6-8,12H2,1-5H3. The number of carbonyl (C=O) groups is 2. The van der Waals surface area contributed by atoms with Crippen molar-refractivity contribution >= 4 is 17.7 Å². The number of benzene rings is 1. The van der Waals surface area contributed by atoms with E-state index < -0.39 is 6.09 Å². The van der Waals surface area contributed by atoms with Crippen molar-refractivity contribution in [3.05, 3.63) is 29.3 Å². The van der Waals surface area contributed by atoms with Crippen LogP contribution in [0.25, 0.3) is 0 Å². The fraction of sp³-hybridized carbons (Fsp3) is 0.529. The maximum Gasteiger partial charge on any atom is 0.414 e. The summed E-state index contributed by atoms with van der Waals surface area (Å²) in [6.07, 6.45) is -0.486. The van der Waals surface area contributed by atoms with Gasteiger partial charge in [0.1, 0.15) is 6.54 Å². The highest BCUT2D eigenvalue weighted by molar-refractivity contribution is 5.96. The maximum atomic E-state index is 12.4. The molecule has 5 nitrogen and oxygen atoms in total. The predicted molar refractivity (Wildman–Crippen MR) is 88.2 cm³/mol. The first-order valence-electron chi connectivity index (χ1n) is 7.74. The molecule has 5 heteroatoms. The number of nitrogens with zero attached hydrogens (tertiary/aromatic N) is 2. The normalized spacial score (nSPS) is 10.2. The average Bonchev–Trinajstić information content (AvgIpc) is 2.47. The first kappa shape index (κ1) is 18.0. The van der Waals surface area contributed by atoms with Crippen LogP contribution in [-0.2, 0) is 9.53 Å². The van der Waals surface area contributed by atoms with E-state index in [2.05, 4.69) is 0 Å². The molecule has 0 aliphatic heterocycles. The molecule has 0 unspecified atom stereocenters. The number of rotatable bonds is 6. The van der Waals surface area contributed by atoms with Gasteiger partial charge in [-0.3, -0.25) is 9.69 Å². The molecule has 0 saturated heterocycles. The molecule has 0 aliphatic carbocycles. The van der Waals surface area contributed by atoms with Crippen LogP contribution in [0.1, 0.15) is 31.9 Å². The van der Waals surface area contributed by atoms with Crippen LogP contribution >= 0.6 is 0 Å². The molecule has 0 N–H and O–H groups in total. The Morgan fingerprint density at radius 1 is 1.05 bits per heavy atom. The van der Waals surface area contributed by atoms with E-state index in [1.807, 2.05) is 45.9 Å². The minimum atomic E-state index is -0.486. The Morgan fingerprint density at radius 2 is 1.59 bits per heavy atom. The summed E-state index contributed by atoms with van der Waals surface area (Å²) in [6, 6.07) is 5.79. The van der Waals surface area contributed by atoms with Gasteiger partial charge in [-0.25, -0.2) is 4.79 Å². The summed E-state index contributed by atoms with van der Waals surface area (Å²) in [7, 11) is 0. The molecule has 0 atom stereocenters. The second kappa shape index (κ2) is 8.41. The summed E-state index contributed by atoms with van der Waals surface area (Å²) in [4.78, 5) is 27.9. The fourth-order valence-corrected chi connectivity index (χ4v) is 2.48. The van der Waals surface area contributed by atoms with Crippen molar-refractivity contribution in [1.82, 2.24) is 4.90 Å². The van der Waals surface area contributed by atoms with Gasteiger partial charge in [0.2, 0.25) is 5.91 Å². The summed E-state index contributed by atoms with van der Waals surface area (Å²) < 4.78 is 5.13. The van der Waals surface area contributed by atoms with Crippen molar-refractivity contribution in [1.29, 1.82) is 0 Å². The first-order chi connectivity index (χ1) is 10.5. The lowest BCUT2D eigenvalue weighted by molar-refractivity contribution is -0.129. The molecule has 0 radical (unpaired) electrons. The predicted octanol–water partition coefficient (Wildman–Crippen LogP) is 3.13. The van der Waals surface area contributed by atoms with Crippen LogP contribution in [0.2, 0.25) is 0 Å². The smallest absolute Gasteiger partial charge is 0.414 e. The number of ether oxygens (including phenoxy) is 1. The minimum absolute atomic E-state index is 0.00773. The van der Waals surface area contributed by atoms with Gasteiger partial charge in [-0.1, -0.05) is 18.2 Å². The van der Waals surface area contributed by atoms with E-state index in [0.29, 0.717) is 13.1 Å². The largest absolute Gasteiger partial charge is 0.449 e. The Labute approximate surface area is 132 Å². The SMILES string of the molecule is CCOC(=O)N(CC(=O)N(CC)CC)c1c(C)cccc1C. The molecule has 0 aromatic heterocycles. The minimum Gasteiger partial charge on any atom is -0.449 e. The van der Waals surface area contributed by atoms with Crippen molar-refractivity contribution in [3.63, 3.8) is 0 Å². The van der Waals surface area contributed by atoms with E-state index in [1.165, 1.54) is 4.90 Å². The summed E-state index contributed by atoms with van der Waals surface area (Å²) >= 11 is 0. The second-order valence-electron chi connectivity index (χ2n) is 5.09. The van der Waals surface area contributed by atoms with Crippen LogP contribution in [0.15, 0.2) is 18.2 Å². The molecule has 0 aliphatic rings. The zero-order chi connectivity index (χ0) is 16.7. The topological polar surface area (TPSA) is 49.9 Å². The molecule has 1 aromatic carbocycles. The van der Waals surface area contributed by atoms with Crippen LogP contribution in [-0.4, -0.2) is 43.1 Å². The Bertz CT molecular complexity index is 504. The maximum absolute atomic E-state index is 12.4. The molecule has 1 aromatic rings. The Hall–Kier alpha value is -2.04. The summed E-state index contributed by atoms with van der Waals surface area (Å²) in [6.45, 7) is 11.0.